The third kappa shape index (κ3) is 3.93. The third-order valence-corrected chi connectivity index (χ3v) is 2.99. The van der Waals surface area contributed by atoms with Crippen LogP contribution in [-0.4, -0.2) is 21.7 Å². The molecule has 0 spiro atoms. The fraction of sp³-hybridized carbons (Fsp3) is 0.333. The quantitative estimate of drug-likeness (QED) is 0.847. The minimum absolute atomic E-state index is 0.00487. The van der Waals surface area contributed by atoms with E-state index in [1.54, 1.807) is 10.9 Å². The molecule has 2 rings (SSSR count). The molecular formula is C15H20N4O. The highest BCUT2D eigenvalue weighted by Gasteiger charge is 2.08. The number of anilines is 1. The zero-order chi connectivity index (χ0) is 14.4. The van der Waals surface area contributed by atoms with E-state index < -0.39 is 0 Å². The molecule has 20 heavy (non-hydrogen) atoms. The van der Waals surface area contributed by atoms with Crippen molar-refractivity contribution >= 4 is 11.6 Å². The van der Waals surface area contributed by atoms with Crippen LogP contribution in [0.3, 0.4) is 0 Å². The highest BCUT2D eigenvalue weighted by molar-refractivity contribution is 5.92. The summed E-state index contributed by atoms with van der Waals surface area (Å²) in [6.45, 7) is 1.95. The van der Waals surface area contributed by atoms with Gasteiger partial charge in [0, 0.05) is 24.9 Å². The fourth-order valence-electron chi connectivity index (χ4n) is 1.99. The predicted octanol–water partition coefficient (Wildman–Crippen LogP) is 2.33. The van der Waals surface area contributed by atoms with Crippen LogP contribution in [-0.2, 0) is 4.79 Å². The largest absolute Gasteiger partial charge is 0.328 e. The van der Waals surface area contributed by atoms with Crippen molar-refractivity contribution in [3.63, 3.8) is 0 Å². The Morgan fingerprint density at radius 1 is 1.40 bits per heavy atom. The summed E-state index contributed by atoms with van der Waals surface area (Å²) < 4.78 is 1.73. The average molecular weight is 272 g/mol. The van der Waals surface area contributed by atoms with Gasteiger partial charge in [0.1, 0.15) is 0 Å². The summed E-state index contributed by atoms with van der Waals surface area (Å²) in [5.74, 6) is 0.00487. The van der Waals surface area contributed by atoms with Gasteiger partial charge in [0.15, 0.2) is 0 Å². The number of carbonyl (C=O) groups excluding carboxylic acids is 1. The maximum absolute atomic E-state index is 11.9. The Morgan fingerprint density at radius 3 is 2.90 bits per heavy atom. The molecular weight excluding hydrogens is 252 g/mol. The zero-order valence-electron chi connectivity index (χ0n) is 11.6. The second kappa shape index (κ2) is 6.86. The van der Waals surface area contributed by atoms with Crippen LogP contribution in [0.15, 0.2) is 42.7 Å². The molecule has 5 nitrogen and oxygen atoms in total. The average Bonchev–Trinajstić information content (AvgIpc) is 2.92. The van der Waals surface area contributed by atoms with Gasteiger partial charge in [0.2, 0.25) is 5.91 Å². The molecule has 1 heterocycles. The molecule has 0 fully saturated rings. The van der Waals surface area contributed by atoms with Crippen LogP contribution < -0.4 is 11.1 Å². The molecule has 1 amide bonds. The van der Waals surface area contributed by atoms with Crippen molar-refractivity contribution in [1.82, 2.24) is 9.78 Å². The van der Waals surface area contributed by atoms with Gasteiger partial charge in [0.05, 0.1) is 11.4 Å². The molecule has 3 N–H and O–H groups in total. The number of amides is 1. The van der Waals surface area contributed by atoms with E-state index in [1.165, 1.54) is 0 Å². The van der Waals surface area contributed by atoms with E-state index in [1.807, 2.05) is 43.5 Å². The number of aromatic nitrogens is 2. The minimum atomic E-state index is 0.00487. The Balaban J connectivity index is 2.01. The van der Waals surface area contributed by atoms with Crippen molar-refractivity contribution in [1.29, 1.82) is 0 Å². The van der Waals surface area contributed by atoms with Crippen molar-refractivity contribution in [2.45, 2.75) is 32.2 Å². The Morgan fingerprint density at radius 2 is 2.20 bits per heavy atom. The summed E-state index contributed by atoms with van der Waals surface area (Å²) in [6.07, 6.45) is 5.69. The van der Waals surface area contributed by atoms with Gasteiger partial charge in [-0.1, -0.05) is 12.1 Å². The van der Waals surface area contributed by atoms with E-state index in [0.717, 1.165) is 24.2 Å². The molecule has 0 aliphatic heterocycles. The molecule has 1 aromatic heterocycles. The molecule has 0 saturated heterocycles. The van der Waals surface area contributed by atoms with Gasteiger partial charge < -0.3 is 11.1 Å². The van der Waals surface area contributed by atoms with Gasteiger partial charge >= 0.3 is 0 Å². The number of benzene rings is 1. The molecule has 0 bridgehead atoms. The molecule has 2 aromatic rings. The lowest BCUT2D eigenvalue weighted by molar-refractivity contribution is -0.116. The van der Waals surface area contributed by atoms with Crippen LogP contribution in [0.25, 0.3) is 5.69 Å². The van der Waals surface area contributed by atoms with Crippen LogP contribution >= 0.6 is 0 Å². The highest BCUT2D eigenvalue weighted by Crippen LogP contribution is 2.19. The minimum Gasteiger partial charge on any atom is -0.328 e. The number of hydrogen-bond acceptors (Lipinski definition) is 3. The lowest BCUT2D eigenvalue weighted by Gasteiger charge is -2.11. The first-order valence-corrected chi connectivity index (χ1v) is 6.81. The standard InChI is InChI=1S/C15H20N4O/c1-12(16)6-4-9-15(20)18-13-7-2-3-8-14(13)19-11-5-10-17-19/h2-3,5,7-8,10-12H,4,6,9,16H2,1H3,(H,18,20). The SMILES string of the molecule is CC(N)CCCC(=O)Nc1ccccc1-n1cccn1. The van der Waals surface area contributed by atoms with Gasteiger partial charge in [-0.25, -0.2) is 4.68 Å². The molecule has 1 atom stereocenters. The van der Waals surface area contributed by atoms with Crippen LogP contribution in [0, 0.1) is 0 Å². The normalized spacial score (nSPS) is 12.1. The Bertz CT molecular complexity index is 549. The zero-order valence-corrected chi connectivity index (χ0v) is 11.6. The summed E-state index contributed by atoms with van der Waals surface area (Å²) in [4.78, 5) is 11.9. The van der Waals surface area contributed by atoms with Crippen molar-refractivity contribution in [3.05, 3.63) is 42.7 Å². The van der Waals surface area contributed by atoms with Crippen molar-refractivity contribution in [2.24, 2.45) is 5.73 Å². The van der Waals surface area contributed by atoms with Crippen LogP contribution in [0.5, 0.6) is 0 Å². The second-order valence-corrected chi connectivity index (χ2v) is 4.89. The third-order valence-electron chi connectivity index (χ3n) is 2.99. The van der Waals surface area contributed by atoms with E-state index >= 15 is 0 Å². The van der Waals surface area contributed by atoms with Crippen molar-refractivity contribution < 1.29 is 4.79 Å². The first-order valence-electron chi connectivity index (χ1n) is 6.81. The van der Waals surface area contributed by atoms with Gasteiger partial charge in [-0.15, -0.1) is 0 Å². The number of hydrogen-bond donors (Lipinski definition) is 2. The van der Waals surface area contributed by atoms with Crippen LogP contribution in [0.2, 0.25) is 0 Å². The van der Waals surface area contributed by atoms with Crippen LogP contribution in [0.1, 0.15) is 26.2 Å². The summed E-state index contributed by atoms with van der Waals surface area (Å²) in [6, 6.07) is 9.60. The van der Waals surface area contributed by atoms with E-state index in [0.29, 0.717) is 6.42 Å². The second-order valence-electron chi connectivity index (χ2n) is 4.89. The molecule has 5 heteroatoms. The summed E-state index contributed by atoms with van der Waals surface area (Å²) in [5, 5.41) is 7.12. The number of nitrogens with one attached hydrogen (secondary N) is 1. The molecule has 1 unspecified atom stereocenters. The number of para-hydroxylation sites is 2. The predicted molar refractivity (Wildman–Crippen MR) is 79.7 cm³/mol. The van der Waals surface area contributed by atoms with Gasteiger partial charge in [-0.05, 0) is 38.0 Å². The van der Waals surface area contributed by atoms with E-state index in [9.17, 15) is 4.79 Å². The number of rotatable bonds is 6. The van der Waals surface area contributed by atoms with E-state index in [-0.39, 0.29) is 11.9 Å². The van der Waals surface area contributed by atoms with Crippen molar-refractivity contribution in [3.8, 4) is 5.69 Å². The Hall–Kier alpha value is -2.14. The van der Waals surface area contributed by atoms with Crippen molar-refractivity contribution in [2.75, 3.05) is 5.32 Å². The summed E-state index contributed by atoms with van der Waals surface area (Å²) >= 11 is 0. The number of nitrogens with zero attached hydrogens (tertiary/aromatic N) is 2. The topological polar surface area (TPSA) is 72.9 Å². The Kier molecular flexibility index (Phi) is 4.90. The molecule has 0 saturated carbocycles. The smallest absolute Gasteiger partial charge is 0.224 e. The van der Waals surface area contributed by atoms with Crippen LogP contribution in [0.4, 0.5) is 5.69 Å². The molecule has 0 radical (unpaired) electrons. The lowest BCUT2D eigenvalue weighted by atomic mass is 10.1. The first kappa shape index (κ1) is 14.3. The van der Waals surface area contributed by atoms with Gasteiger partial charge in [-0.3, -0.25) is 4.79 Å². The molecule has 1 aromatic carbocycles. The van der Waals surface area contributed by atoms with E-state index in [4.69, 9.17) is 5.73 Å². The summed E-state index contributed by atoms with van der Waals surface area (Å²) in [5.41, 5.74) is 7.30. The maximum atomic E-state index is 11.9. The molecule has 106 valence electrons. The van der Waals surface area contributed by atoms with Gasteiger partial charge in [0.25, 0.3) is 0 Å². The first-order chi connectivity index (χ1) is 9.66. The highest BCUT2D eigenvalue weighted by atomic mass is 16.1. The number of carbonyl (C=O) groups is 1. The summed E-state index contributed by atoms with van der Waals surface area (Å²) in [7, 11) is 0. The van der Waals surface area contributed by atoms with Gasteiger partial charge in [-0.2, -0.15) is 5.10 Å². The lowest BCUT2D eigenvalue weighted by Crippen LogP contribution is -2.17. The van der Waals surface area contributed by atoms with E-state index in [2.05, 4.69) is 10.4 Å². The fourth-order valence-corrected chi connectivity index (χ4v) is 1.99. The molecule has 0 aliphatic rings. The monoisotopic (exact) mass is 272 g/mol. The molecule has 0 aliphatic carbocycles. The number of nitrogens with two attached hydrogens (primary N) is 1. The maximum Gasteiger partial charge on any atom is 0.224 e. The Labute approximate surface area is 118 Å².